The summed E-state index contributed by atoms with van der Waals surface area (Å²) in [4.78, 5) is 0. The van der Waals surface area contributed by atoms with Crippen LogP contribution in [-0.2, 0) is 24.1 Å². The van der Waals surface area contributed by atoms with Crippen molar-refractivity contribution in [2.45, 2.75) is 0 Å². The molecule has 0 saturated heterocycles. The van der Waals surface area contributed by atoms with E-state index in [1.807, 2.05) is 0 Å². The molecular formula is C6H10O2S2. The highest BCUT2D eigenvalue weighted by atomic mass is 32.8. The van der Waals surface area contributed by atoms with Crippen LogP contribution in [0.5, 0.6) is 0 Å². The van der Waals surface area contributed by atoms with Gasteiger partial charge in [0.2, 0.25) is 0 Å². The molecule has 0 aromatic heterocycles. The van der Waals surface area contributed by atoms with Crippen molar-refractivity contribution in [3.8, 4) is 0 Å². The fourth-order valence-electron chi connectivity index (χ4n) is 0.344. The van der Waals surface area contributed by atoms with Crippen LogP contribution in [-0.4, -0.2) is 16.6 Å². The first-order valence-electron chi connectivity index (χ1n) is 2.71. The molecule has 58 valence electrons. The fourth-order valence-corrected chi connectivity index (χ4v) is 1.49. The summed E-state index contributed by atoms with van der Waals surface area (Å²) in [6.45, 7) is 7.04. The molecule has 0 spiro atoms. The number of hydrogen-bond donors (Lipinski definition) is 0. The minimum atomic E-state index is -2.55. The maximum absolute atomic E-state index is 11.0. The maximum Gasteiger partial charge on any atom is 0.147 e. The second-order valence-corrected chi connectivity index (χ2v) is 4.79. The molecule has 0 radical (unpaired) electrons. The van der Waals surface area contributed by atoms with Gasteiger partial charge in [-0.05, 0) is 0 Å². The zero-order valence-corrected chi connectivity index (χ0v) is 7.25. The summed E-state index contributed by atoms with van der Waals surface area (Å²) in [6, 6.07) is 0. The SMILES string of the molecule is C=CCOS(=O)(=S)CC=C. The lowest BCUT2D eigenvalue weighted by Crippen LogP contribution is -2.06. The van der Waals surface area contributed by atoms with Crippen LogP contribution in [0.25, 0.3) is 0 Å². The lowest BCUT2D eigenvalue weighted by atomic mass is 10.7. The second-order valence-electron chi connectivity index (χ2n) is 1.59. The van der Waals surface area contributed by atoms with Crippen LogP contribution in [0.1, 0.15) is 0 Å². The summed E-state index contributed by atoms with van der Waals surface area (Å²) < 4.78 is 15.8. The molecule has 4 heteroatoms. The Balaban J connectivity index is 3.87. The zero-order chi connectivity index (χ0) is 8.04. The topological polar surface area (TPSA) is 26.3 Å². The van der Waals surface area contributed by atoms with E-state index in [0.717, 1.165) is 0 Å². The molecule has 0 aromatic carbocycles. The van der Waals surface area contributed by atoms with Crippen molar-refractivity contribution in [1.29, 1.82) is 0 Å². The Bertz CT molecular complexity index is 204. The third-order valence-electron chi connectivity index (χ3n) is 0.687. The Hall–Kier alpha value is -0.190. The molecule has 0 aliphatic heterocycles. The van der Waals surface area contributed by atoms with Crippen LogP contribution < -0.4 is 0 Å². The standard InChI is InChI=1S/C6H10O2S2/c1-3-5-8-10(7,9)6-4-2/h3-4H,1-2,5-6H2. The fraction of sp³-hybridized carbons (Fsp3) is 0.333. The van der Waals surface area contributed by atoms with Crippen LogP contribution in [0, 0.1) is 0 Å². The highest BCUT2D eigenvalue weighted by molar-refractivity contribution is 8.30. The summed E-state index contributed by atoms with van der Waals surface area (Å²) in [5.74, 6) is 0.218. The minimum absolute atomic E-state index is 0.218. The normalized spacial score (nSPS) is 15.6. The highest BCUT2D eigenvalue weighted by Crippen LogP contribution is 1.93. The van der Waals surface area contributed by atoms with E-state index >= 15 is 0 Å². The van der Waals surface area contributed by atoms with Gasteiger partial charge < -0.3 is 0 Å². The lowest BCUT2D eigenvalue weighted by molar-refractivity contribution is 0.395. The predicted molar refractivity (Wildman–Crippen MR) is 46.7 cm³/mol. The number of hydrogen-bond acceptors (Lipinski definition) is 3. The Morgan fingerprint density at radius 2 is 2.10 bits per heavy atom. The monoisotopic (exact) mass is 178 g/mol. The number of rotatable bonds is 5. The molecule has 0 heterocycles. The molecule has 1 atom stereocenters. The van der Waals surface area contributed by atoms with E-state index in [4.69, 9.17) is 4.18 Å². The summed E-state index contributed by atoms with van der Waals surface area (Å²) >= 11 is 4.59. The van der Waals surface area contributed by atoms with Crippen molar-refractivity contribution < 1.29 is 8.39 Å². The first kappa shape index (κ1) is 9.81. The molecule has 0 aromatic rings. The zero-order valence-electron chi connectivity index (χ0n) is 5.62. The van der Waals surface area contributed by atoms with Crippen molar-refractivity contribution in [2.75, 3.05) is 12.4 Å². The van der Waals surface area contributed by atoms with Crippen molar-refractivity contribution in [3.63, 3.8) is 0 Å². The summed E-state index contributed by atoms with van der Waals surface area (Å²) in [6.07, 6.45) is 2.99. The van der Waals surface area contributed by atoms with Crippen LogP contribution in [0.3, 0.4) is 0 Å². The van der Waals surface area contributed by atoms with Gasteiger partial charge in [0.25, 0.3) is 0 Å². The van der Waals surface area contributed by atoms with Crippen molar-refractivity contribution in [3.05, 3.63) is 25.3 Å². The molecule has 10 heavy (non-hydrogen) atoms. The van der Waals surface area contributed by atoms with Gasteiger partial charge >= 0.3 is 0 Å². The molecule has 2 nitrogen and oxygen atoms in total. The molecule has 0 amide bonds. The predicted octanol–water partition coefficient (Wildman–Crippen LogP) is 1.04. The second kappa shape index (κ2) is 4.60. The summed E-state index contributed by atoms with van der Waals surface area (Å²) in [7, 11) is -2.55. The van der Waals surface area contributed by atoms with Gasteiger partial charge in [-0.15, -0.1) is 13.2 Å². The lowest BCUT2D eigenvalue weighted by Gasteiger charge is -2.01. The smallest absolute Gasteiger partial charge is 0.147 e. The van der Waals surface area contributed by atoms with Gasteiger partial charge in [-0.25, -0.2) is 4.21 Å². The molecular weight excluding hydrogens is 168 g/mol. The first-order chi connectivity index (χ1) is 4.62. The molecule has 0 rings (SSSR count). The molecule has 0 aliphatic rings. The third-order valence-corrected chi connectivity index (χ3v) is 2.52. The van der Waals surface area contributed by atoms with E-state index in [0.29, 0.717) is 0 Å². The largest absolute Gasteiger partial charge is 0.286 e. The Morgan fingerprint density at radius 3 is 2.50 bits per heavy atom. The van der Waals surface area contributed by atoms with Crippen LogP contribution >= 0.6 is 0 Å². The van der Waals surface area contributed by atoms with E-state index in [9.17, 15) is 4.21 Å². The van der Waals surface area contributed by atoms with E-state index in [1.165, 1.54) is 12.2 Å². The molecule has 0 saturated carbocycles. The molecule has 0 N–H and O–H groups in total. The van der Waals surface area contributed by atoms with Crippen LogP contribution in [0.15, 0.2) is 25.3 Å². The molecule has 0 bridgehead atoms. The summed E-state index contributed by atoms with van der Waals surface area (Å²) in [5, 5.41) is 0. The Labute approximate surface area is 66.5 Å². The Morgan fingerprint density at radius 1 is 1.50 bits per heavy atom. The average molecular weight is 178 g/mol. The van der Waals surface area contributed by atoms with Gasteiger partial charge in [0.15, 0.2) is 0 Å². The first-order valence-corrected chi connectivity index (χ1v) is 5.29. The minimum Gasteiger partial charge on any atom is -0.286 e. The maximum atomic E-state index is 11.0. The van der Waals surface area contributed by atoms with Crippen LogP contribution in [0.4, 0.5) is 0 Å². The van der Waals surface area contributed by atoms with E-state index in [2.05, 4.69) is 24.3 Å². The van der Waals surface area contributed by atoms with E-state index < -0.39 is 8.77 Å². The van der Waals surface area contributed by atoms with Gasteiger partial charge in [-0.3, -0.25) is 4.18 Å². The van der Waals surface area contributed by atoms with Gasteiger partial charge in [0, 0.05) is 11.2 Å². The van der Waals surface area contributed by atoms with Gasteiger partial charge in [0.05, 0.1) is 12.4 Å². The van der Waals surface area contributed by atoms with Crippen molar-refractivity contribution in [1.82, 2.24) is 0 Å². The van der Waals surface area contributed by atoms with E-state index in [-0.39, 0.29) is 12.4 Å². The third kappa shape index (κ3) is 4.67. The van der Waals surface area contributed by atoms with Crippen molar-refractivity contribution in [2.24, 2.45) is 0 Å². The van der Waals surface area contributed by atoms with E-state index in [1.54, 1.807) is 0 Å². The Kier molecular flexibility index (Phi) is 4.51. The van der Waals surface area contributed by atoms with Gasteiger partial charge in [-0.2, -0.15) is 0 Å². The molecule has 1 unspecified atom stereocenters. The molecule has 0 fully saturated rings. The summed E-state index contributed by atoms with van der Waals surface area (Å²) in [5.41, 5.74) is 0. The highest BCUT2D eigenvalue weighted by Gasteiger charge is 2.00. The van der Waals surface area contributed by atoms with Gasteiger partial charge in [0.1, 0.15) is 8.77 Å². The molecule has 0 aliphatic carbocycles. The van der Waals surface area contributed by atoms with Gasteiger partial charge in [-0.1, -0.05) is 12.2 Å². The van der Waals surface area contributed by atoms with Crippen molar-refractivity contribution >= 4 is 20.0 Å². The quantitative estimate of drug-likeness (QED) is 0.588. The van der Waals surface area contributed by atoms with Crippen LogP contribution in [0.2, 0.25) is 0 Å². The average Bonchev–Trinajstić information content (AvgIpc) is 1.84.